The molecule has 2 amide bonds. The van der Waals surface area contributed by atoms with Crippen LogP contribution in [0.25, 0.3) is 0 Å². The van der Waals surface area contributed by atoms with Crippen LogP contribution in [0.5, 0.6) is 0 Å². The molecule has 0 saturated heterocycles. The molecule has 0 bridgehead atoms. The van der Waals surface area contributed by atoms with Gasteiger partial charge in [0.25, 0.3) is 5.91 Å². The highest BCUT2D eigenvalue weighted by Crippen LogP contribution is 2.44. The molecule has 1 aromatic rings. The van der Waals surface area contributed by atoms with Crippen LogP contribution in [0.15, 0.2) is 0 Å². The first-order chi connectivity index (χ1) is 14.1. The summed E-state index contributed by atoms with van der Waals surface area (Å²) in [5, 5.41) is 15.5. The Labute approximate surface area is 182 Å². The van der Waals surface area contributed by atoms with Crippen LogP contribution in [-0.2, 0) is 22.4 Å². The zero-order chi connectivity index (χ0) is 21.9. The van der Waals surface area contributed by atoms with Crippen molar-refractivity contribution in [2.45, 2.75) is 91.0 Å². The zero-order valence-corrected chi connectivity index (χ0v) is 19.1. The van der Waals surface area contributed by atoms with Crippen molar-refractivity contribution in [2.75, 3.05) is 5.32 Å². The molecule has 0 aliphatic heterocycles. The number of carbonyl (C=O) groups is 3. The molecule has 0 unspecified atom stereocenters. The number of carboxylic acids is 1. The second-order valence-corrected chi connectivity index (χ2v) is 10.9. The first-order valence-electron chi connectivity index (χ1n) is 11.1. The number of hydrogen-bond donors (Lipinski definition) is 3. The molecule has 1 fully saturated rings. The topological polar surface area (TPSA) is 95.5 Å². The summed E-state index contributed by atoms with van der Waals surface area (Å²) >= 11 is 1.49. The SMILES string of the molecule is CC(C)(C)[C@@H]1CCc2c(sc(NC(=O)CCC(=O)O)c2C(=O)NC2CCCCC2)C1. The van der Waals surface area contributed by atoms with E-state index in [1.807, 2.05) is 0 Å². The van der Waals surface area contributed by atoms with Gasteiger partial charge in [0.05, 0.1) is 12.0 Å². The number of anilines is 1. The molecule has 7 heteroatoms. The number of fused-ring (bicyclic) bond motifs is 1. The number of carboxylic acid groups (broad SMARTS) is 1. The lowest BCUT2D eigenvalue weighted by atomic mass is 9.72. The normalized spacial score (nSPS) is 19.8. The molecule has 3 N–H and O–H groups in total. The van der Waals surface area contributed by atoms with Crippen LogP contribution in [0.2, 0.25) is 0 Å². The number of amides is 2. The fourth-order valence-corrected chi connectivity index (χ4v) is 5.91. The van der Waals surface area contributed by atoms with Crippen LogP contribution in [0.4, 0.5) is 5.00 Å². The average Bonchev–Trinajstić information content (AvgIpc) is 3.03. The molecule has 2 aliphatic carbocycles. The monoisotopic (exact) mass is 434 g/mol. The van der Waals surface area contributed by atoms with Gasteiger partial charge in [-0.25, -0.2) is 0 Å². The lowest BCUT2D eigenvalue weighted by Gasteiger charge is -2.34. The summed E-state index contributed by atoms with van der Waals surface area (Å²) < 4.78 is 0. The van der Waals surface area contributed by atoms with Gasteiger partial charge < -0.3 is 15.7 Å². The molecule has 166 valence electrons. The van der Waals surface area contributed by atoms with E-state index in [2.05, 4.69) is 31.4 Å². The maximum absolute atomic E-state index is 13.2. The van der Waals surface area contributed by atoms with E-state index in [1.54, 1.807) is 0 Å². The second-order valence-electron chi connectivity index (χ2n) is 9.76. The van der Waals surface area contributed by atoms with E-state index in [0.717, 1.165) is 50.5 Å². The Morgan fingerprint density at radius 1 is 1.07 bits per heavy atom. The third-order valence-corrected chi connectivity index (χ3v) is 7.65. The van der Waals surface area contributed by atoms with Gasteiger partial charge in [0.15, 0.2) is 0 Å². The van der Waals surface area contributed by atoms with E-state index in [4.69, 9.17) is 5.11 Å². The fourth-order valence-electron chi connectivity index (χ4n) is 4.57. The number of aliphatic carboxylic acids is 1. The van der Waals surface area contributed by atoms with Crippen molar-refractivity contribution in [3.63, 3.8) is 0 Å². The van der Waals surface area contributed by atoms with E-state index in [1.165, 1.54) is 22.6 Å². The Morgan fingerprint density at radius 3 is 2.40 bits per heavy atom. The van der Waals surface area contributed by atoms with Crippen LogP contribution in [-0.4, -0.2) is 28.9 Å². The molecule has 0 radical (unpaired) electrons. The quantitative estimate of drug-likeness (QED) is 0.601. The summed E-state index contributed by atoms with van der Waals surface area (Å²) in [5.41, 5.74) is 1.87. The van der Waals surface area contributed by atoms with Gasteiger partial charge in [-0.05, 0) is 49.0 Å². The van der Waals surface area contributed by atoms with Crippen molar-refractivity contribution in [1.82, 2.24) is 5.32 Å². The predicted molar refractivity (Wildman–Crippen MR) is 119 cm³/mol. The number of carbonyl (C=O) groups excluding carboxylic acids is 2. The van der Waals surface area contributed by atoms with E-state index in [0.29, 0.717) is 16.5 Å². The molecule has 0 aromatic carbocycles. The van der Waals surface area contributed by atoms with Gasteiger partial charge in [0.1, 0.15) is 5.00 Å². The Morgan fingerprint density at radius 2 is 1.77 bits per heavy atom. The number of rotatable bonds is 6. The third-order valence-electron chi connectivity index (χ3n) is 6.48. The Hall–Kier alpha value is -1.89. The van der Waals surface area contributed by atoms with Gasteiger partial charge in [0, 0.05) is 17.3 Å². The Kier molecular flexibility index (Phi) is 7.22. The first-order valence-corrected chi connectivity index (χ1v) is 11.9. The highest BCUT2D eigenvalue weighted by Gasteiger charge is 2.34. The highest BCUT2D eigenvalue weighted by molar-refractivity contribution is 7.17. The van der Waals surface area contributed by atoms with Gasteiger partial charge in [-0.3, -0.25) is 14.4 Å². The largest absolute Gasteiger partial charge is 0.481 e. The van der Waals surface area contributed by atoms with Gasteiger partial charge in [-0.15, -0.1) is 11.3 Å². The third kappa shape index (κ3) is 5.62. The summed E-state index contributed by atoms with van der Waals surface area (Å²) in [7, 11) is 0. The lowest BCUT2D eigenvalue weighted by Crippen LogP contribution is -2.37. The average molecular weight is 435 g/mol. The van der Waals surface area contributed by atoms with Gasteiger partial charge in [-0.1, -0.05) is 40.0 Å². The van der Waals surface area contributed by atoms with Crippen LogP contribution < -0.4 is 10.6 Å². The Bertz CT molecular complexity index is 803. The molecule has 6 nitrogen and oxygen atoms in total. The van der Waals surface area contributed by atoms with Crippen molar-refractivity contribution in [3.05, 3.63) is 16.0 Å². The van der Waals surface area contributed by atoms with Gasteiger partial charge >= 0.3 is 5.97 Å². The van der Waals surface area contributed by atoms with Crippen molar-refractivity contribution in [1.29, 1.82) is 0 Å². The van der Waals surface area contributed by atoms with Gasteiger partial charge in [0.2, 0.25) is 5.91 Å². The van der Waals surface area contributed by atoms with E-state index in [-0.39, 0.29) is 36.1 Å². The van der Waals surface area contributed by atoms with Crippen LogP contribution in [0.1, 0.15) is 92.9 Å². The smallest absolute Gasteiger partial charge is 0.303 e. The maximum Gasteiger partial charge on any atom is 0.303 e. The maximum atomic E-state index is 13.2. The highest BCUT2D eigenvalue weighted by atomic mass is 32.1. The molecule has 0 spiro atoms. The molecule has 1 aromatic heterocycles. The fraction of sp³-hybridized carbons (Fsp3) is 0.696. The predicted octanol–water partition coefficient (Wildman–Crippen LogP) is 4.76. The molecule has 3 rings (SSSR count). The minimum Gasteiger partial charge on any atom is -0.481 e. The van der Waals surface area contributed by atoms with Crippen molar-refractivity contribution < 1.29 is 19.5 Å². The van der Waals surface area contributed by atoms with Crippen LogP contribution in [0.3, 0.4) is 0 Å². The van der Waals surface area contributed by atoms with Crippen molar-refractivity contribution in [2.24, 2.45) is 11.3 Å². The van der Waals surface area contributed by atoms with Crippen LogP contribution >= 0.6 is 11.3 Å². The van der Waals surface area contributed by atoms with Gasteiger partial charge in [-0.2, -0.15) is 0 Å². The first kappa shape index (κ1) is 22.8. The van der Waals surface area contributed by atoms with Crippen molar-refractivity contribution >= 4 is 34.1 Å². The molecule has 1 heterocycles. The molecular weight excluding hydrogens is 400 g/mol. The molecule has 30 heavy (non-hydrogen) atoms. The second kappa shape index (κ2) is 9.50. The zero-order valence-electron chi connectivity index (χ0n) is 18.3. The summed E-state index contributed by atoms with van der Waals surface area (Å²) in [6.07, 6.45) is 7.98. The summed E-state index contributed by atoms with van der Waals surface area (Å²) in [6.45, 7) is 6.75. The molecule has 1 saturated carbocycles. The minimum absolute atomic E-state index is 0.0911. The molecular formula is C23H34N2O4S. The summed E-state index contributed by atoms with van der Waals surface area (Å²) in [4.78, 5) is 37.5. The van der Waals surface area contributed by atoms with E-state index < -0.39 is 5.97 Å². The van der Waals surface area contributed by atoms with E-state index in [9.17, 15) is 14.4 Å². The molecule has 1 atom stereocenters. The summed E-state index contributed by atoms with van der Waals surface area (Å²) in [5.74, 6) is -0.912. The molecule has 2 aliphatic rings. The number of nitrogens with one attached hydrogen (secondary N) is 2. The number of hydrogen-bond acceptors (Lipinski definition) is 4. The minimum atomic E-state index is -1.00. The van der Waals surface area contributed by atoms with E-state index >= 15 is 0 Å². The number of thiophene rings is 1. The lowest BCUT2D eigenvalue weighted by molar-refractivity contribution is -0.138. The van der Waals surface area contributed by atoms with Crippen LogP contribution in [0, 0.1) is 11.3 Å². The standard InChI is InChI=1S/C23H34N2O4S/c1-23(2,3)14-9-10-16-17(13-14)30-22(25-18(26)11-12-19(27)28)20(16)21(29)24-15-7-5-4-6-8-15/h14-15H,4-13H2,1-3H3,(H,24,29)(H,25,26)(H,27,28)/t14-/m1/s1. The Balaban J connectivity index is 1.84. The van der Waals surface area contributed by atoms with Crippen molar-refractivity contribution in [3.8, 4) is 0 Å². The summed E-state index contributed by atoms with van der Waals surface area (Å²) in [6, 6.07) is 0.197.